The second kappa shape index (κ2) is 7.38. The number of esters is 1. The number of ether oxygens (including phenoxy) is 2. The van der Waals surface area contributed by atoms with Gasteiger partial charge in [0.2, 0.25) is 0 Å². The molecule has 0 N–H and O–H groups in total. The van der Waals surface area contributed by atoms with Crippen molar-refractivity contribution in [3.63, 3.8) is 0 Å². The molecule has 4 nitrogen and oxygen atoms in total. The summed E-state index contributed by atoms with van der Waals surface area (Å²) in [4.78, 5) is 13.0. The number of hydrogen-bond donors (Lipinski definition) is 0. The van der Waals surface area contributed by atoms with E-state index < -0.39 is 0 Å². The second-order valence-corrected chi connectivity index (χ2v) is 4.89. The van der Waals surface area contributed by atoms with Gasteiger partial charge in [-0.05, 0) is 47.1 Å². The minimum atomic E-state index is -0.214. The number of hydrogen-bond acceptors (Lipinski definition) is 4. The first kappa shape index (κ1) is 15.0. The highest BCUT2D eigenvalue weighted by Crippen LogP contribution is 2.25. The Morgan fingerprint density at radius 3 is 2.67 bits per heavy atom. The van der Waals surface area contributed by atoms with Crippen LogP contribution in [0.4, 0.5) is 0 Å². The van der Waals surface area contributed by atoms with Gasteiger partial charge in [-0.15, -0.1) is 0 Å². The van der Waals surface area contributed by atoms with E-state index in [0.717, 1.165) is 23.2 Å². The molecule has 0 saturated carbocycles. The molecular weight excluding hydrogens is 298 g/mol. The van der Waals surface area contributed by atoms with Crippen LogP contribution >= 0.6 is 15.9 Å². The fourth-order valence-corrected chi connectivity index (χ4v) is 2.14. The highest BCUT2D eigenvalue weighted by Gasteiger charge is 2.07. The van der Waals surface area contributed by atoms with Crippen LogP contribution in [0.25, 0.3) is 0 Å². The normalized spacial score (nSPS) is 10.5. The fraction of sp³-hybridized carbons (Fsp3) is 0.462. The van der Waals surface area contributed by atoms with Crippen molar-refractivity contribution in [2.24, 2.45) is 0 Å². The van der Waals surface area contributed by atoms with E-state index in [-0.39, 0.29) is 5.97 Å². The van der Waals surface area contributed by atoms with Gasteiger partial charge in [0, 0.05) is 6.54 Å². The lowest BCUT2D eigenvalue weighted by Gasteiger charge is -2.15. The number of methoxy groups -OCH3 is 2. The van der Waals surface area contributed by atoms with E-state index in [4.69, 9.17) is 4.74 Å². The average molecular weight is 316 g/mol. The van der Waals surface area contributed by atoms with Gasteiger partial charge in [-0.2, -0.15) is 0 Å². The molecule has 100 valence electrons. The maximum atomic E-state index is 11.1. The number of rotatable bonds is 6. The van der Waals surface area contributed by atoms with Crippen LogP contribution in [0.5, 0.6) is 5.75 Å². The molecule has 0 amide bonds. The standard InChI is InChI=1S/C13H18BrNO3/c1-15(9-13(16)18-3)7-6-10-4-5-12(17-2)11(14)8-10/h4-5,8H,6-7,9H2,1-3H3. The fourth-order valence-electron chi connectivity index (χ4n) is 1.55. The number of benzene rings is 1. The van der Waals surface area contributed by atoms with Crippen molar-refractivity contribution in [1.82, 2.24) is 4.90 Å². The van der Waals surface area contributed by atoms with Crippen LogP contribution in [-0.2, 0) is 16.0 Å². The first-order chi connectivity index (χ1) is 8.56. The third kappa shape index (κ3) is 4.66. The Morgan fingerprint density at radius 1 is 1.39 bits per heavy atom. The van der Waals surface area contributed by atoms with Gasteiger partial charge in [0.05, 0.1) is 25.2 Å². The van der Waals surface area contributed by atoms with Gasteiger partial charge in [0.15, 0.2) is 0 Å². The van der Waals surface area contributed by atoms with Gasteiger partial charge >= 0.3 is 5.97 Å². The SMILES string of the molecule is COC(=O)CN(C)CCc1ccc(OC)c(Br)c1. The molecule has 0 aromatic heterocycles. The Kier molecular flexibility index (Phi) is 6.15. The monoisotopic (exact) mass is 315 g/mol. The Balaban J connectivity index is 2.48. The van der Waals surface area contributed by atoms with E-state index in [9.17, 15) is 4.79 Å². The minimum absolute atomic E-state index is 0.214. The summed E-state index contributed by atoms with van der Waals surface area (Å²) in [5, 5.41) is 0. The predicted molar refractivity (Wildman–Crippen MR) is 73.9 cm³/mol. The van der Waals surface area contributed by atoms with Gasteiger partial charge in [-0.25, -0.2) is 0 Å². The van der Waals surface area contributed by atoms with Crippen molar-refractivity contribution < 1.29 is 14.3 Å². The first-order valence-corrected chi connectivity index (χ1v) is 6.44. The van der Waals surface area contributed by atoms with Crippen molar-refractivity contribution in [3.8, 4) is 5.75 Å². The molecule has 18 heavy (non-hydrogen) atoms. The number of nitrogens with zero attached hydrogens (tertiary/aromatic N) is 1. The Labute approximate surface area is 116 Å². The van der Waals surface area contributed by atoms with E-state index in [1.807, 2.05) is 30.1 Å². The number of carbonyl (C=O) groups is 1. The summed E-state index contributed by atoms with van der Waals surface area (Å²) < 4.78 is 10.7. The van der Waals surface area contributed by atoms with E-state index in [1.165, 1.54) is 12.7 Å². The lowest BCUT2D eigenvalue weighted by atomic mass is 10.1. The van der Waals surface area contributed by atoms with Crippen molar-refractivity contribution in [2.75, 3.05) is 34.4 Å². The zero-order valence-corrected chi connectivity index (χ0v) is 12.5. The van der Waals surface area contributed by atoms with Crippen LogP contribution in [0, 0.1) is 0 Å². The Bertz CT molecular complexity index is 409. The third-order valence-electron chi connectivity index (χ3n) is 2.63. The van der Waals surface area contributed by atoms with Crippen LogP contribution < -0.4 is 4.74 Å². The van der Waals surface area contributed by atoms with Crippen LogP contribution in [0.1, 0.15) is 5.56 Å². The predicted octanol–water partition coefficient (Wildman–Crippen LogP) is 2.10. The largest absolute Gasteiger partial charge is 0.496 e. The van der Waals surface area contributed by atoms with Gasteiger partial charge in [0.25, 0.3) is 0 Å². The molecule has 0 radical (unpaired) electrons. The molecule has 5 heteroatoms. The van der Waals surface area contributed by atoms with Gasteiger partial charge in [-0.1, -0.05) is 6.07 Å². The molecule has 1 aromatic rings. The maximum Gasteiger partial charge on any atom is 0.319 e. The number of likely N-dealkylation sites (N-methyl/N-ethyl adjacent to an activating group) is 1. The van der Waals surface area contributed by atoms with Crippen LogP contribution in [0.3, 0.4) is 0 Å². The highest BCUT2D eigenvalue weighted by atomic mass is 79.9. The van der Waals surface area contributed by atoms with Crippen molar-refractivity contribution in [3.05, 3.63) is 28.2 Å². The smallest absolute Gasteiger partial charge is 0.319 e. The molecule has 0 aliphatic rings. The number of halogens is 1. The first-order valence-electron chi connectivity index (χ1n) is 5.64. The Hall–Kier alpha value is -1.07. The zero-order valence-electron chi connectivity index (χ0n) is 10.9. The molecule has 0 fully saturated rings. The highest BCUT2D eigenvalue weighted by molar-refractivity contribution is 9.10. The molecule has 0 saturated heterocycles. The second-order valence-electron chi connectivity index (χ2n) is 4.03. The summed E-state index contributed by atoms with van der Waals surface area (Å²) in [5.74, 6) is 0.607. The molecule has 0 atom stereocenters. The van der Waals surface area contributed by atoms with E-state index in [1.54, 1.807) is 7.11 Å². The van der Waals surface area contributed by atoms with E-state index in [2.05, 4.69) is 20.7 Å². The van der Waals surface area contributed by atoms with Crippen LogP contribution in [-0.4, -0.2) is 45.2 Å². The van der Waals surface area contributed by atoms with E-state index in [0.29, 0.717) is 6.54 Å². The maximum absolute atomic E-state index is 11.1. The number of carbonyl (C=O) groups excluding carboxylic acids is 1. The molecule has 0 aliphatic carbocycles. The summed E-state index contributed by atoms with van der Waals surface area (Å²) >= 11 is 3.45. The molecule has 0 heterocycles. The van der Waals surface area contributed by atoms with Crippen molar-refractivity contribution >= 4 is 21.9 Å². The molecule has 0 aliphatic heterocycles. The lowest BCUT2D eigenvalue weighted by molar-refractivity contribution is -0.141. The molecule has 0 unspecified atom stereocenters. The minimum Gasteiger partial charge on any atom is -0.496 e. The zero-order chi connectivity index (χ0) is 13.5. The molecule has 0 bridgehead atoms. The molecule has 1 aromatic carbocycles. The van der Waals surface area contributed by atoms with E-state index >= 15 is 0 Å². The summed E-state index contributed by atoms with van der Waals surface area (Å²) in [6.45, 7) is 1.11. The molecule has 0 spiro atoms. The quantitative estimate of drug-likeness (QED) is 0.754. The van der Waals surface area contributed by atoms with Gasteiger partial charge in [0.1, 0.15) is 5.75 Å². The van der Waals surface area contributed by atoms with Crippen LogP contribution in [0.2, 0.25) is 0 Å². The summed E-state index contributed by atoms with van der Waals surface area (Å²) in [6, 6.07) is 5.99. The molecule has 1 rings (SSSR count). The Morgan fingerprint density at radius 2 is 2.11 bits per heavy atom. The lowest BCUT2D eigenvalue weighted by Crippen LogP contribution is -2.28. The molecular formula is C13H18BrNO3. The topological polar surface area (TPSA) is 38.8 Å². The third-order valence-corrected chi connectivity index (χ3v) is 3.24. The van der Waals surface area contributed by atoms with Gasteiger partial charge < -0.3 is 9.47 Å². The summed E-state index contributed by atoms with van der Waals surface area (Å²) in [7, 11) is 4.94. The average Bonchev–Trinajstić information content (AvgIpc) is 2.36. The summed E-state index contributed by atoms with van der Waals surface area (Å²) in [5.41, 5.74) is 1.19. The summed E-state index contributed by atoms with van der Waals surface area (Å²) in [6.07, 6.45) is 0.871. The van der Waals surface area contributed by atoms with Crippen molar-refractivity contribution in [1.29, 1.82) is 0 Å². The van der Waals surface area contributed by atoms with Crippen molar-refractivity contribution in [2.45, 2.75) is 6.42 Å². The van der Waals surface area contributed by atoms with Gasteiger partial charge in [-0.3, -0.25) is 9.69 Å². The van der Waals surface area contributed by atoms with Crippen LogP contribution in [0.15, 0.2) is 22.7 Å².